The lowest BCUT2D eigenvalue weighted by Gasteiger charge is -2.26. The molecule has 1 saturated heterocycles. The number of benzene rings is 1. The van der Waals surface area contributed by atoms with Crippen molar-refractivity contribution in [2.45, 2.75) is 70.1 Å². The van der Waals surface area contributed by atoms with E-state index in [9.17, 15) is 24.3 Å². The largest absolute Gasteiger partial charge is 0.480 e. The summed E-state index contributed by atoms with van der Waals surface area (Å²) in [6, 6.07) is 6.03. The van der Waals surface area contributed by atoms with Gasteiger partial charge < -0.3 is 26.4 Å². The van der Waals surface area contributed by atoms with Gasteiger partial charge in [0, 0.05) is 6.42 Å². The van der Waals surface area contributed by atoms with Crippen molar-refractivity contribution in [3.8, 4) is 0 Å². The number of rotatable bonds is 14. The fourth-order valence-corrected chi connectivity index (χ4v) is 4.42. The van der Waals surface area contributed by atoms with Crippen molar-refractivity contribution in [1.29, 1.82) is 0 Å². The predicted octanol–water partition coefficient (Wildman–Crippen LogP) is 1.32. The van der Waals surface area contributed by atoms with Crippen molar-refractivity contribution in [3.05, 3.63) is 35.9 Å². The molecule has 5 N–H and O–H groups in total. The first-order valence-corrected chi connectivity index (χ1v) is 13.6. The van der Waals surface area contributed by atoms with Crippen LogP contribution in [0.15, 0.2) is 30.3 Å². The standard InChI is InChI=1S/C25H38N4O5S/c1-4-16(2)21(25(33)34)29-24(32)20(15-17-9-6-5-7-10-17)28-23(31)19(12-14-35-3)27-22(30)18-11-8-13-26-18/h5-7,9-10,16,18-21,26H,4,8,11-15H2,1-3H3,(H,27,30)(H,28,31)(H,29,32)(H,33,34). The number of carbonyl (C=O) groups is 4. The molecule has 9 nitrogen and oxygen atoms in total. The van der Waals surface area contributed by atoms with Crippen molar-refractivity contribution in [2.24, 2.45) is 5.92 Å². The van der Waals surface area contributed by atoms with E-state index >= 15 is 0 Å². The molecule has 5 unspecified atom stereocenters. The fraction of sp³-hybridized carbons (Fsp3) is 0.600. The molecule has 0 spiro atoms. The quantitative estimate of drug-likeness (QED) is 0.257. The molecule has 0 saturated carbocycles. The number of carbonyl (C=O) groups excluding carboxylic acids is 3. The third-order valence-electron chi connectivity index (χ3n) is 6.31. The van der Waals surface area contributed by atoms with Gasteiger partial charge in [-0.2, -0.15) is 11.8 Å². The van der Waals surface area contributed by atoms with E-state index in [-0.39, 0.29) is 24.3 Å². The molecule has 5 atom stereocenters. The Labute approximate surface area is 211 Å². The molecule has 0 bridgehead atoms. The van der Waals surface area contributed by atoms with Crippen LogP contribution < -0.4 is 21.3 Å². The third kappa shape index (κ3) is 9.18. The predicted molar refractivity (Wildman–Crippen MR) is 137 cm³/mol. The number of carboxylic acid groups (broad SMARTS) is 1. The summed E-state index contributed by atoms with van der Waals surface area (Å²) in [6.07, 6.45) is 4.72. The van der Waals surface area contributed by atoms with Crippen LogP contribution in [0.4, 0.5) is 0 Å². The van der Waals surface area contributed by atoms with Gasteiger partial charge in [0.15, 0.2) is 0 Å². The van der Waals surface area contributed by atoms with Gasteiger partial charge in [-0.1, -0.05) is 50.6 Å². The van der Waals surface area contributed by atoms with Crippen molar-refractivity contribution in [3.63, 3.8) is 0 Å². The van der Waals surface area contributed by atoms with Crippen LogP contribution in [0, 0.1) is 5.92 Å². The van der Waals surface area contributed by atoms with E-state index in [0.29, 0.717) is 25.0 Å². The number of aliphatic carboxylic acids is 1. The van der Waals surface area contributed by atoms with E-state index in [0.717, 1.165) is 18.5 Å². The second-order valence-corrected chi connectivity index (χ2v) is 9.94. The minimum atomic E-state index is -1.12. The van der Waals surface area contributed by atoms with Gasteiger partial charge in [0.1, 0.15) is 18.1 Å². The summed E-state index contributed by atoms with van der Waals surface area (Å²) in [7, 11) is 0. The van der Waals surface area contributed by atoms with Gasteiger partial charge in [-0.05, 0) is 49.3 Å². The van der Waals surface area contributed by atoms with Gasteiger partial charge in [-0.25, -0.2) is 4.79 Å². The number of hydrogen-bond donors (Lipinski definition) is 5. The molecule has 1 aliphatic rings. The highest BCUT2D eigenvalue weighted by molar-refractivity contribution is 7.98. The average molecular weight is 507 g/mol. The number of nitrogens with one attached hydrogen (secondary N) is 4. The highest BCUT2D eigenvalue weighted by Crippen LogP contribution is 2.11. The van der Waals surface area contributed by atoms with Crippen LogP contribution in [0.2, 0.25) is 0 Å². The number of hydrogen-bond acceptors (Lipinski definition) is 6. The fourth-order valence-electron chi connectivity index (χ4n) is 3.95. The van der Waals surface area contributed by atoms with Gasteiger partial charge >= 0.3 is 5.97 Å². The minimum Gasteiger partial charge on any atom is -0.480 e. The van der Waals surface area contributed by atoms with Crippen molar-refractivity contribution in [1.82, 2.24) is 21.3 Å². The first-order chi connectivity index (χ1) is 16.8. The third-order valence-corrected chi connectivity index (χ3v) is 6.96. The van der Waals surface area contributed by atoms with Crippen LogP contribution in [0.1, 0.15) is 45.1 Å². The molecule has 0 aromatic heterocycles. The van der Waals surface area contributed by atoms with Crippen LogP contribution in [0.3, 0.4) is 0 Å². The molecule has 194 valence electrons. The summed E-state index contributed by atoms with van der Waals surface area (Å²) in [6.45, 7) is 4.38. The Morgan fingerprint density at radius 3 is 2.34 bits per heavy atom. The van der Waals surface area contributed by atoms with E-state index in [1.54, 1.807) is 18.7 Å². The van der Waals surface area contributed by atoms with Crippen molar-refractivity contribution in [2.75, 3.05) is 18.6 Å². The Morgan fingerprint density at radius 2 is 1.77 bits per heavy atom. The second-order valence-electron chi connectivity index (χ2n) is 8.95. The monoisotopic (exact) mass is 506 g/mol. The second kappa shape index (κ2) is 14.7. The maximum absolute atomic E-state index is 13.3. The van der Waals surface area contributed by atoms with Crippen LogP contribution in [-0.2, 0) is 25.6 Å². The molecule has 1 aliphatic heterocycles. The molecule has 1 aromatic rings. The average Bonchev–Trinajstić information content (AvgIpc) is 3.39. The zero-order chi connectivity index (χ0) is 25.8. The molecule has 35 heavy (non-hydrogen) atoms. The minimum absolute atomic E-state index is 0.193. The molecule has 3 amide bonds. The summed E-state index contributed by atoms with van der Waals surface area (Å²) < 4.78 is 0. The van der Waals surface area contributed by atoms with Gasteiger partial charge in [-0.3, -0.25) is 14.4 Å². The normalized spacial score (nSPS) is 18.7. The molecule has 2 rings (SSSR count). The van der Waals surface area contributed by atoms with Gasteiger partial charge in [0.25, 0.3) is 0 Å². The Hall–Kier alpha value is -2.59. The van der Waals surface area contributed by atoms with Gasteiger partial charge in [0.2, 0.25) is 17.7 Å². The maximum Gasteiger partial charge on any atom is 0.326 e. The van der Waals surface area contributed by atoms with E-state index in [4.69, 9.17) is 0 Å². The molecule has 0 aliphatic carbocycles. The Kier molecular flexibility index (Phi) is 12.1. The van der Waals surface area contributed by atoms with E-state index in [1.807, 2.05) is 43.5 Å². The summed E-state index contributed by atoms with van der Waals surface area (Å²) >= 11 is 1.56. The molecule has 1 aromatic carbocycles. The summed E-state index contributed by atoms with van der Waals surface area (Å²) in [5, 5.41) is 21.0. The lowest BCUT2D eigenvalue weighted by molar-refractivity contribution is -0.143. The zero-order valence-corrected chi connectivity index (χ0v) is 21.5. The van der Waals surface area contributed by atoms with Gasteiger partial charge in [0.05, 0.1) is 6.04 Å². The Morgan fingerprint density at radius 1 is 1.09 bits per heavy atom. The zero-order valence-electron chi connectivity index (χ0n) is 20.7. The first kappa shape index (κ1) is 28.6. The number of amides is 3. The summed E-state index contributed by atoms with van der Waals surface area (Å²) in [5.74, 6) is -2.00. The first-order valence-electron chi connectivity index (χ1n) is 12.2. The number of thioether (sulfide) groups is 1. The highest BCUT2D eigenvalue weighted by atomic mass is 32.2. The lowest BCUT2D eigenvalue weighted by Crippen LogP contribution is -2.58. The smallest absolute Gasteiger partial charge is 0.326 e. The topological polar surface area (TPSA) is 137 Å². The summed E-state index contributed by atoms with van der Waals surface area (Å²) in [4.78, 5) is 50.9. The van der Waals surface area contributed by atoms with E-state index < -0.39 is 35.9 Å². The molecular formula is C25H38N4O5S. The maximum atomic E-state index is 13.3. The molecule has 10 heteroatoms. The van der Waals surface area contributed by atoms with Gasteiger partial charge in [-0.15, -0.1) is 0 Å². The van der Waals surface area contributed by atoms with E-state index in [2.05, 4.69) is 21.3 Å². The van der Waals surface area contributed by atoms with Crippen LogP contribution in [0.25, 0.3) is 0 Å². The van der Waals surface area contributed by atoms with Crippen LogP contribution in [0.5, 0.6) is 0 Å². The highest BCUT2D eigenvalue weighted by Gasteiger charge is 2.32. The SMILES string of the molecule is CCC(C)C(NC(=O)C(Cc1ccccc1)NC(=O)C(CCSC)NC(=O)C1CCCN1)C(=O)O. The van der Waals surface area contributed by atoms with Crippen LogP contribution >= 0.6 is 11.8 Å². The van der Waals surface area contributed by atoms with E-state index in [1.165, 1.54) is 0 Å². The number of carboxylic acids is 1. The molecule has 1 fully saturated rings. The van der Waals surface area contributed by atoms with Crippen LogP contribution in [-0.4, -0.2) is 71.5 Å². The van der Waals surface area contributed by atoms with Crippen molar-refractivity contribution >= 4 is 35.5 Å². The Balaban J connectivity index is 2.19. The van der Waals surface area contributed by atoms with Crippen molar-refractivity contribution < 1.29 is 24.3 Å². The lowest BCUT2D eigenvalue weighted by atomic mass is 9.98. The molecule has 1 heterocycles. The summed E-state index contributed by atoms with van der Waals surface area (Å²) in [5.41, 5.74) is 0.822. The molecular weight excluding hydrogens is 468 g/mol. The Bertz CT molecular complexity index is 848. The molecule has 0 radical (unpaired) electrons.